The Morgan fingerprint density at radius 1 is 1.43 bits per heavy atom. The van der Waals surface area contributed by atoms with Gasteiger partial charge in [-0.15, -0.1) is 0 Å². The molecule has 0 aliphatic rings. The van der Waals surface area contributed by atoms with Crippen molar-refractivity contribution in [3.63, 3.8) is 0 Å². The lowest BCUT2D eigenvalue weighted by atomic mass is 10.0. The number of nitrogens with zero attached hydrogens (tertiary/aromatic N) is 2. The van der Waals surface area contributed by atoms with Gasteiger partial charge in [0.25, 0.3) is 0 Å². The van der Waals surface area contributed by atoms with E-state index in [2.05, 4.69) is 10.5 Å². The van der Waals surface area contributed by atoms with Gasteiger partial charge >= 0.3 is 0 Å². The van der Waals surface area contributed by atoms with Gasteiger partial charge < -0.3 is 4.74 Å². The normalized spacial score (nSPS) is 12.6. The Morgan fingerprint density at radius 3 is 2.67 bits per heavy atom. The minimum absolute atomic E-state index is 0.207. The Morgan fingerprint density at radius 2 is 2.10 bits per heavy atom. The Balaban J connectivity index is 2.49. The van der Waals surface area contributed by atoms with Gasteiger partial charge in [-0.3, -0.25) is 10.5 Å². The first-order valence-corrected chi connectivity index (χ1v) is 6.58. The van der Waals surface area contributed by atoms with Gasteiger partial charge in [-0.25, -0.2) is 14.2 Å². The van der Waals surface area contributed by atoms with Crippen LogP contribution in [-0.4, -0.2) is 23.5 Å². The lowest BCUT2D eigenvalue weighted by Gasteiger charge is -2.20. The molecule has 21 heavy (non-hydrogen) atoms. The molecule has 0 saturated heterocycles. The maximum atomic E-state index is 14.0. The summed E-state index contributed by atoms with van der Waals surface area (Å²) < 4.78 is 34.4. The molecule has 8 heteroatoms. The average Bonchev–Trinajstić information content (AvgIpc) is 2.82. The van der Waals surface area contributed by atoms with Crippen molar-refractivity contribution in [2.75, 3.05) is 13.7 Å². The number of aromatic nitrogens is 2. The molecule has 1 unspecified atom stereocenters. The molecule has 2 aromatic rings. The number of nitrogens with two attached hydrogens (primary N) is 1. The van der Waals surface area contributed by atoms with E-state index in [1.807, 2.05) is 0 Å². The molecule has 0 fully saturated rings. The summed E-state index contributed by atoms with van der Waals surface area (Å²) in [4.78, 5) is 0. The SMILES string of the molecule is COCCn1ncc(Cl)c1C(NN)c1c(F)cccc1F. The van der Waals surface area contributed by atoms with E-state index in [0.29, 0.717) is 18.8 Å². The van der Waals surface area contributed by atoms with Crippen molar-refractivity contribution in [3.8, 4) is 0 Å². The zero-order valence-electron chi connectivity index (χ0n) is 11.3. The maximum absolute atomic E-state index is 14.0. The molecule has 0 bridgehead atoms. The number of halogens is 3. The summed E-state index contributed by atoms with van der Waals surface area (Å²) in [5, 5.41) is 4.33. The van der Waals surface area contributed by atoms with Crippen LogP contribution in [0.3, 0.4) is 0 Å². The molecule has 0 amide bonds. The van der Waals surface area contributed by atoms with Crippen molar-refractivity contribution in [3.05, 3.63) is 52.3 Å². The van der Waals surface area contributed by atoms with Crippen LogP contribution in [-0.2, 0) is 11.3 Å². The third-order valence-corrected chi connectivity index (χ3v) is 3.36. The smallest absolute Gasteiger partial charge is 0.131 e. The number of methoxy groups -OCH3 is 1. The molecule has 0 radical (unpaired) electrons. The summed E-state index contributed by atoms with van der Waals surface area (Å²) in [5.41, 5.74) is 2.56. The molecule has 1 aromatic heterocycles. The van der Waals surface area contributed by atoms with Gasteiger partial charge in [-0.05, 0) is 12.1 Å². The molecule has 2 rings (SSSR count). The summed E-state index contributed by atoms with van der Waals surface area (Å²) in [6.45, 7) is 0.759. The van der Waals surface area contributed by atoms with E-state index in [9.17, 15) is 8.78 Å². The van der Waals surface area contributed by atoms with E-state index >= 15 is 0 Å². The molecule has 0 saturated carbocycles. The molecule has 0 spiro atoms. The maximum Gasteiger partial charge on any atom is 0.131 e. The molecule has 1 aromatic carbocycles. The fraction of sp³-hybridized carbons (Fsp3) is 0.308. The van der Waals surface area contributed by atoms with Gasteiger partial charge in [0, 0.05) is 12.7 Å². The highest BCUT2D eigenvalue weighted by molar-refractivity contribution is 6.31. The van der Waals surface area contributed by atoms with E-state index in [-0.39, 0.29) is 10.6 Å². The van der Waals surface area contributed by atoms with Gasteiger partial charge in [0.2, 0.25) is 0 Å². The van der Waals surface area contributed by atoms with Crippen LogP contribution >= 0.6 is 11.6 Å². The minimum atomic E-state index is -0.960. The number of hydrogen-bond acceptors (Lipinski definition) is 4. The van der Waals surface area contributed by atoms with Crippen LogP contribution in [0.2, 0.25) is 5.02 Å². The molecular weight excluding hydrogens is 302 g/mol. The van der Waals surface area contributed by atoms with Crippen molar-refractivity contribution in [2.45, 2.75) is 12.6 Å². The summed E-state index contributed by atoms with van der Waals surface area (Å²) in [6.07, 6.45) is 1.40. The highest BCUT2D eigenvalue weighted by atomic mass is 35.5. The summed E-state index contributed by atoms with van der Waals surface area (Å²) in [6, 6.07) is 2.64. The van der Waals surface area contributed by atoms with Crippen LogP contribution in [0, 0.1) is 11.6 Å². The molecule has 5 nitrogen and oxygen atoms in total. The Labute approximate surface area is 125 Å². The van der Waals surface area contributed by atoms with E-state index in [1.165, 1.54) is 16.9 Å². The third-order valence-electron chi connectivity index (χ3n) is 3.07. The molecule has 114 valence electrons. The number of rotatable bonds is 6. The summed E-state index contributed by atoms with van der Waals surface area (Å²) in [5.74, 6) is 4.06. The van der Waals surface area contributed by atoms with Crippen molar-refractivity contribution in [1.29, 1.82) is 0 Å². The minimum Gasteiger partial charge on any atom is -0.383 e. The van der Waals surface area contributed by atoms with Crippen LogP contribution in [0.25, 0.3) is 0 Å². The van der Waals surface area contributed by atoms with Gasteiger partial charge in [-0.1, -0.05) is 17.7 Å². The van der Waals surface area contributed by atoms with Crippen LogP contribution in [0.1, 0.15) is 17.3 Å². The monoisotopic (exact) mass is 316 g/mol. The Kier molecular flexibility index (Phi) is 5.24. The van der Waals surface area contributed by atoms with Crippen LogP contribution < -0.4 is 11.3 Å². The Hall–Kier alpha value is -1.54. The second kappa shape index (κ2) is 6.95. The summed E-state index contributed by atoms with van der Waals surface area (Å²) >= 11 is 6.09. The zero-order valence-corrected chi connectivity index (χ0v) is 12.1. The van der Waals surface area contributed by atoms with E-state index in [4.69, 9.17) is 22.2 Å². The average molecular weight is 317 g/mol. The van der Waals surface area contributed by atoms with Crippen molar-refractivity contribution in [2.24, 2.45) is 5.84 Å². The first-order valence-electron chi connectivity index (χ1n) is 6.20. The molecule has 1 heterocycles. The largest absolute Gasteiger partial charge is 0.383 e. The lowest BCUT2D eigenvalue weighted by Crippen LogP contribution is -2.32. The fourth-order valence-electron chi connectivity index (χ4n) is 2.10. The highest BCUT2D eigenvalue weighted by Crippen LogP contribution is 2.30. The van der Waals surface area contributed by atoms with Crippen molar-refractivity contribution in [1.82, 2.24) is 15.2 Å². The van der Waals surface area contributed by atoms with Crippen LogP contribution in [0.15, 0.2) is 24.4 Å². The Bertz CT molecular complexity index is 600. The van der Waals surface area contributed by atoms with Gasteiger partial charge in [0.05, 0.1) is 36.1 Å². The van der Waals surface area contributed by atoms with Gasteiger partial charge in [0.1, 0.15) is 11.6 Å². The lowest BCUT2D eigenvalue weighted by molar-refractivity contribution is 0.182. The predicted molar refractivity (Wildman–Crippen MR) is 74.6 cm³/mol. The van der Waals surface area contributed by atoms with E-state index < -0.39 is 17.7 Å². The van der Waals surface area contributed by atoms with Crippen LogP contribution in [0.5, 0.6) is 0 Å². The number of hydrazine groups is 1. The number of hydrogen-bond donors (Lipinski definition) is 2. The number of ether oxygens (including phenoxy) is 1. The number of benzene rings is 1. The fourth-order valence-corrected chi connectivity index (χ4v) is 2.35. The predicted octanol–water partition coefficient (Wildman–Crippen LogP) is 2.01. The molecule has 0 aliphatic carbocycles. The van der Waals surface area contributed by atoms with Gasteiger partial charge in [-0.2, -0.15) is 5.10 Å². The zero-order chi connectivity index (χ0) is 15.4. The molecule has 0 aliphatic heterocycles. The highest BCUT2D eigenvalue weighted by Gasteiger charge is 2.26. The van der Waals surface area contributed by atoms with Crippen LogP contribution in [0.4, 0.5) is 8.78 Å². The second-order valence-electron chi connectivity index (χ2n) is 4.33. The second-order valence-corrected chi connectivity index (χ2v) is 4.74. The topological polar surface area (TPSA) is 65.1 Å². The summed E-state index contributed by atoms with van der Waals surface area (Å²) in [7, 11) is 1.54. The van der Waals surface area contributed by atoms with Crippen molar-refractivity contribution < 1.29 is 13.5 Å². The first kappa shape index (κ1) is 15.8. The number of nitrogens with one attached hydrogen (secondary N) is 1. The standard InChI is InChI=1S/C13H15ClF2N4O/c1-21-6-5-20-13(8(14)7-18-20)12(19-17)11-9(15)3-2-4-10(11)16/h2-4,7,12,19H,5-6,17H2,1H3. The third kappa shape index (κ3) is 3.21. The van der Waals surface area contributed by atoms with E-state index in [0.717, 1.165) is 12.1 Å². The molecule has 3 N–H and O–H groups in total. The molecule has 1 atom stereocenters. The van der Waals surface area contributed by atoms with Crippen molar-refractivity contribution >= 4 is 11.6 Å². The molecular formula is C13H15ClF2N4O. The van der Waals surface area contributed by atoms with Gasteiger partial charge in [0.15, 0.2) is 0 Å². The first-order chi connectivity index (χ1) is 10.1. The quantitative estimate of drug-likeness (QED) is 0.632. The van der Waals surface area contributed by atoms with E-state index in [1.54, 1.807) is 7.11 Å².